The summed E-state index contributed by atoms with van der Waals surface area (Å²) in [6.07, 6.45) is 4.73. The second-order valence-corrected chi connectivity index (χ2v) is 4.87. The molecule has 1 aliphatic rings. The van der Waals surface area contributed by atoms with Gasteiger partial charge in [-0.05, 0) is 43.4 Å². The van der Waals surface area contributed by atoms with Gasteiger partial charge in [-0.25, -0.2) is 13.8 Å². The van der Waals surface area contributed by atoms with Crippen LogP contribution in [0.1, 0.15) is 30.5 Å². The molecule has 1 heterocycles. The number of hydrogen-bond donors (Lipinski definition) is 2. The van der Waals surface area contributed by atoms with E-state index in [1.165, 1.54) is 0 Å². The van der Waals surface area contributed by atoms with E-state index in [1.54, 1.807) is 0 Å². The number of halogens is 2. The number of hydrazine groups is 1. The quantitative estimate of drug-likeness (QED) is 0.472. The summed E-state index contributed by atoms with van der Waals surface area (Å²) in [6.45, 7) is 0. The highest BCUT2D eigenvalue weighted by atomic mass is 19.1. The molecule has 0 unspecified atom stereocenters. The molecule has 1 aliphatic carbocycles. The van der Waals surface area contributed by atoms with Crippen molar-refractivity contribution in [1.29, 1.82) is 0 Å². The molecule has 1 aromatic heterocycles. The highest BCUT2D eigenvalue weighted by Crippen LogP contribution is 2.34. The number of aryl methyl sites for hydroxylation is 1. The van der Waals surface area contributed by atoms with Crippen LogP contribution in [0.3, 0.4) is 0 Å². The Morgan fingerprint density at radius 1 is 1.05 bits per heavy atom. The molecule has 0 bridgehead atoms. The van der Waals surface area contributed by atoms with Gasteiger partial charge in [-0.15, -0.1) is 0 Å². The predicted molar refractivity (Wildman–Crippen MR) is 70.7 cm³/mol. The monoisotopic (exact) mass is 263 g/mol. The van der Waals surface area contributed by atoms with Crippen molar-refractivity contribution < 1.29 is 8.78 Å². The molecule has 0 saturated carbocycles. The highest BCUT2D eigenvalue weighted by molar-refractivity contribution is 5.94. The molecule has 3 rings (SSSR count). The lowest BCUT2D eigenvalue weighted by Crippen LogP contribution is -2.13. The summed E-state index contributed by atoms with van der Waals surface area (Å²) in [5.41, 5.74) is 4.86. The van der Waals surface area contributed by atoms with E-state index in [4.69, 9.17) is 5.84 Å². The van der Waals surface area contributed by atoms with Gasteiger partial charge in [-0.1, -0.05) is 6.42 Å². The molecule has 0 radical (unpaired) electrons. The van der Waals surface area contributed by atoms with E-state index >= 15 is 0 Å². The number of pyridine rings is 1. The zero-order chi connectivity index (χ0) is 13.4. The van der Waals surface area contributed by atoms with Gasteiger partial charge >= 0.3 is 0 Å². The van der Waals surface area contributed by atoms with Crippen molar-refractivity contribution >= 4 is 16.6 Å². The molecule has 0 fully saturated rings. The maximum atomic E-state index is 14.0. The molecular formula is C14H15F2N3. The Balaban J connectivity index is 2.39. The highest BCUT2D eigenvalue weighted by Gasteiger charge is 2.20. The van der Waals surface area contributed by atoms with Crippen LogP contribution in [0, 0.1) is 11.6 Å². The lowest BCUT2D eigenvalue weighted by atomic mass is 10.0. The lowest BCUT2D eigenvalue weighted by Gasteiger charge is -2.15. The fourth-order valence-electron chi connectivity index (χ4n) is 2.79. The van der Waals surface area contributed by atoms with Crippen LogP contribution in [0.2, 0.25) is 0 Å². The number of nitrogen functional groups attached to an aromatic ring is 1. The largest absolute Gasteiger partial charge is 0.323 e. The molecule has 19 heavy (non-hydrogen) atoms. The third-order valence-corrected chi connectivity index (χ3v) is 3.71. The number of nitrogens with zero attached hydrogens (tertiary/aromatic N) is 1. The van der Waals surface area contributed by atoms with E-state index in [9.17, 15) is 8.78 Å². The fourth-order valence-corrected chi connectivity index (χ4v) is 2.79. The average Bonchev–Trinajstić information content (AvgIpc) is 2.66. The first kappa shape index (κ1) is 12.3. The van der Waals surface area contributed by atoms with Crippen molar-refractivity contribution in [2.24, 2.45) is 5.84 Å². The SMILES string of the molecule is NNc1c2c(nc3c(F)ccc(F)c13)CCCCC2. The molecule has 0 atom stereocenters. The zero-order valence-corrected chi connectivity index (χ0v) is 10.5. The van der Waals surface area contributed by atoms with Crippen molar-refractivity contribution in [3.63, 3.8) is 0 Å². The Morgan fingerprint density at radius 2 is 1.79 bits per heavy atom. The molecule has 0 saturated heterocycles. The number of anilines is 1. The van der Waals surface area contributed by atoms with Crippen LogP contribution in [0.4, 0.5) is 14.5 Å². The summed E-state index contributed by atoms with van der Waals surface area (Å²) in [5.74, 6) is 4.53. The number of fused-ring (bicyclic) bond motifs is 2. The van der Waals surface area contributed by atoms with Gasteiger partial charge in [-0.3, -0.25) is 5.84 Å². The van der Waals surface area contributed by atoms with Gasteiger partial charge in [0.15, 0.2) is 0 Å². The normalized spacial score (nSPS) is 15.1. The molecule has 2 aromatic rings. The van der Waals surface area contributed by atoms with Gasteiger partial charge in [0.25, 0.3) is 0 Å². The Kier molecular flexibility index (Phi) is 3.06. The van der Waals surface area contributed by atoms with Crippen LogP contribution in [-0.2, 0) is 12.8 Å². The summed E-state index contributed by atoms with van der Waals surface area (Å²) in [7, 11) is 0. The number of rotatable bonds is 1. The van der Waals surface area contributed by atoms with Gasteiger partial charge in [0, 0.05) is 5.69 Å². The smallest absolute Gasteiger partial charge is 0.149 e. The summed E-state index contributed by atoms with van der Waals surface area (Å²) in [4.78, 5) is 4.33. The van der Waals surface area contributed by atoms with Gasteiger partial charge < -0.3 is 5.43 Å². The topological polar surface area (TPSA) is 50.9 Å². The van der Waals surface area contributed by atoms with E-state index in [1.807, 2.05) is 0 Å². The van der Waals surface area contributed by atoms with Crippen molar-refractivity contribution in [2.75, 3.05) is 5.43 Å². The van der Waals surface area contributed by atoms with Crippen LogP contribution in [0.5, 0.6) is 0 Å². The van der Waals surface area contributed by atoms with E-state index < -0.39 is 11.6 Å². The van der Waals surface area contributed by atoms with Crippen LogP contribution in [0.15, 0.2) is 12.1 Å². The third-order valence-electron chi connectivity index (χ3n) is 3.71. The maximum Gasteiger partial charge on any atom is 0.149 e. The lowest BCUT2D eigenvalue weighted by molar-refractivity contribution is 0.614. The number of aromatic nitrogens is 1. The standard InChI is InChI=1S/C14H15F2N3/c15-9-6-7-10(16)14-12(9)13(19-17)8-4-2-1-3-5-11(8)18-14/h6-7H,1-5,17H2,(H,18,19). The van der Waals surface area contributed by atoms with E-state index in [-0.39, 0.29) is 10.9 Å². The Bertz CT molecular complexity index is 640. The summed E-state index contributed by atoms with van der Waals surface area (Å²) >= 11 is 0. The van der Waals surface area contributed by atoms with E-state index in [2.05, 4.69) is 10.4 Å². The molecule has 1 aromatic carbocycles. The first-order valence-corrected chi connectivity index (χ1v) is 6.48. The molecular weight excluding hydrogens is 248 g/mol. The zero-order valence-electron chi connectivity index (χ0n) is 10.5. The van der Waals surface area contributed by atoms with Crippen LogP contribution in [0.25, 0.3) is 10.9 Å². The van der Waals surface area contributed by atoms with Crippen LogP contribution >= 0.6 is 0 Å². The average molecular weight is 263 g/mol. The Labute approximate surface area is 109 Å². The minimum absolute atomic E-state index is 0.0635. The fraction of sp³-hybridized carbons (Fsp3) is 0.357. The van der Waals surface area contributed by atoms with Crippen LogP contribution in [-0.4, -0.2) is 4.98 Å². The van der Waals surface area contributed by atoms with Crippen molar-refractivity contribution in [2.45, 2.75) is 32.1 Å². The van der Waals surface area contributed by atoms with E-state index in [0.717, 1.165) is 55.5 Å². The molecule has 100 valence electrons. The molecule has 0 aliphatic heterocycles. The number of hydrogen-bond acceptors (Lipinski definition) is 3. The summed E-state index contributed by atoms with van der Waals surface area (Å²) in [5, 5.41) is 0.156. The number of nitrogens with two attached hydrogens (primary N) is 1. The van der Waals surface area contributed by atoms with Gasteiger partial charge in [0.2, 0.25) is 0 Å². The number of nitrogens with one attached hydrogen (secondary N) is 1. The molecule has 3 N–H and O–H groups in total. The summed E-state index contributed by atoms with van der Waals surface area (Å²) < 4.78 is 27.8. The maximum absolute atomic E-state index is 14.0. The van der Waals surface area contributed by atoms with Gasteiger partial charge in [0.1, 0.15) is 17.2 Å². The Hall–Kier alpha value is -1.75. The number of benzene rings is 1. The minimum atomic E-state index is -0.514. The van der Waals surface area contributed by atoms with Crippen LogP contribution < -0.4 is 11.3 Å². The van der Waals surface area contributed by atoms with E-state index in [0.29, 0.717) is 5.69 Å². The minimum Gasteiger partial charge on any atom is -0.323 e. The van der Waals surface area contributed by atoms with Gasteiger partial charge in [0.05, 0.1) is 11.1 Å². The summed E-state index contributed by atoms with van der Waals surface area (Å²) in [6, 6.07) is 2.22. The predicted octanol–water partition coefficient (Wildman–Crippen LogP) is 3.07. The first-order chi connectivity index (χ1) is 9.22. The first-order valence-electron chi connectivity index (χ1n) is 6.48. The van der Waals surface area contributed by atoms with Crippen molar-refractivity contribution in [3.8, 4) is 0 Å². The van der Waals surface area contributed by atoms with Crippen molar-refractivity contribution in [3.05, 3.63) is 35.0 Å². The second-order valence-electron chi connectivity index (χ2n) is 4.87. The third kappa shape index (κ3) is 1.94. The second kappa shape index (κ2) is 4.74. The molecule has 0 spiro atoms. The molecule has 3 nitrogen and oxygen atoms in total. The molecule has 5 heteroatoms. The van der Waals surface area contributed by atoms with Crippen molar-refractivity contribution in [1.82, 2.24) is 4.98 Å². The Morgan fingerprint density at radius 3 is 2.58 bits per heavy atom. The van der Waals surface area contributed by atoms with Gasteiger partial charge in [-0.2, -0.15) is 0 Å². The molecule has 0 amide bonds.